The van der Waals surface area contributed by atoms with Crippen LogP contribution in [0.15, 0.2) is 24.3 Å². The van der Waals surface area contributed by atoms with E-state index in [1.807, 2.05) is 0 Å². The Hall–Kier alpha value is -0.763. The third-order valence-electron chi connectivity index (χ3n) is 2.67. The molecule has 0 saturated heterocycles. The SMILES string of the molecule is COc1ccc([Si](C(C)C)C(C)C)cc1. The molecule has 0 N–H and O–H groups in total. The molecule has 1 aromatic rings. The normalized spacial score (nSPS) is 11.5. The molecule has 0 aromatic heterocycles. The first-order chi connectivity index (χ1) is 7.06. The van der Waals surface area contributed by atoms with Crippen LogP contribution in [-0.2, 0) is 0 Å². The Kier molecular flexibility index (Phi) is 4.39. The predicted octanol–water partition coefficient (Wildman–Crippen LogP) is 3.22. The van der Waals surface area contributed by atoms with Crippen molar-refractivity contribution < 1.29 is 4.74 Å². The molecular formula is C13H21OSi. The van der Waals surface area contributed by atoms with Gasteiger partial charge >= 0.3 is 0 Å². The largest absolute Gasteiger partial charge is 0.497 e. The molecule has 0 fully saturated rings. The summed E-state index contributed by atoms with van der Waals surface area (Å²) in [6.07, 6.45) is 0. The second-order valence-electron chi connectivity index (χ2n) is 4.49. The molecule has 15 heavy (non-hydrogen) atoms. The summed E-state index contributed by atoms with van der Waals surface area (Å²) in [6, 6.07) is 8.61. The average molecular weight is 221 g/mol. The van der Waals surface area contributed by atoms with Gasteiger partial charge in [0.1, 0.15) is 5.75 Å². The van der Waals surface area contributed by atoms with Crippen molar-refractivity contribution in [1.82, 2.24) is 0 Å². The second-order valence-corrected chi connectivity index (χ2v) is 8.29. The zero-order valence-corrected chi connectivity index (χ0v) is 11.4. The highest BCUT2D eigenvalue weighted by atomic mass is 28.3. The lowest BCUT2D eigenvalue weighted by Crippen LogP contribution is -2.35. The van der Waals surface area contributed by atoms with Crippen LogP contribution in [0.3, 0.4) is 0 Å². The van der Waals surface area contributed by atoms with Gasteiger partial charge in [-0.05, 0) is 23.2 Å². The van der Waals surface area contributed by atoms with E-state index in [0.717, 1.165) is 16.8 Å². The van der Waals surface area contributed by atoms with Gasteiger partial charge in [-0.3, -0.25) is 0 Å². The Bertz CT molecular complexity index is 282. The van der Waals surface area contributed by atoms with Gasteiger partial charge < -0.3 is 4.74 Å². The van der Waals surface area contributed by atoms with E-state index in [-0.39, 0.29) is 0 Å². The fourth-order valence-electron chi connectivity index (χ4n) is 2.12. The highest BCUT2D eigenvalue weighted by Gasteiger charge is 2.21. The van der Waals surface area contributed by atoms with E-state index in [0.29, 0.717) is 0 Å². The lowest BCUT2D eigenvalue weighted by Gasteiger charge is -2.23. The maximum Gasteiger partial charge on any atom is 0.118 e. The molecule has 1 nitrogen and oxygen atoms in total. The highest BCUT2D eigenvalue weighted by Crippen LogP contribution is 2.20. The standard InChI is InChI=1S/C13H21OSi/c1-10(2)15(11(3)4)13-8-6-12(14-5)7-9-13/h6-11H,1-5H3. The molecule has 0 aliphatic rings. The quantitative estimate of drug-likeness (QED) is 0.709. The lowest BCUT2D eigenvalue weighted by molar-refractivity contribution is 0.415. The Morgan fingerprint density at radius 3 is 1.73 bits per heavy atom. The molecule has 0 saturated carbocycles. The van der Waals surface area contributed by atoms with Crippen LogP contribution in [-0.4, -0.2) is 15.9 Å². The first-order valence-corrected chi connectivity index (χ1v) is 7.23. The molecule has 1 radical (unpaired) electrons. The Labute approximate surface area is 95.1 Å². The second kappa shape index (κ2) is 5.36. The van der Waals surface area contributed by atoms with Crippen molar-refractivity contribution in [3.8, 4) is 5.75 Å². The fraction of sp³-hybridized carbons (Fsp3) is 0.538. The van der Waals surface area contributed by atoms with Crippen LogP contribution in [0.2, 0.25) is 11.1 Å². The van der Waals surface area contributed by atoms with Gasteiger partial charge in [0.25, 0.3) is 0 Å². The molecule has 0 aliphatic carbocycles. The van der Waals surface area contributed by atoms with E-state index < -0.39 is 8.80 Å². The summed E-state index contributed by atoms with van der Waals surface area (Å²) in [6.45, 7) is 9.33. The van der Waals surface area contributed by atoms with Crippen LogP contribution in [0.1, 0.15) is 27.7 Å². The zero-order chi connectivity index (χ0) is 11.4. The van der Waals surface area contributed by atoms with E-state index in [1.165, 1.54) is 5.19 Å². The third-order valence-corrected chi connectivity index (χ3v) is 6.16. The topological polar surface area (TPSA) is 9.23 Å². The van der Waals surface area contributed by atoms with Gasteiger partial charge in [-0.1, -0.05) is 45.0 Å². The Morgan fingerprint density at radius 2 is 1.40 bits per heavy atom. The smallest absolute Gasteiger partial charge is 0.118 e. The number of ether oxygens (including phenoxy) is 1. The maximum atomic E-state index is 5.18. The van der Waals surface area contributed by atoms with E-state index in [4.69, 9.17) is 4.74 Å². The maximum absolute atomic E-state index is 5.18. The average Bonchev–Trinajstić information content (AvgIpc) is 2.18. The van der Waals surface area contributed by atoms with Crippen LogP contribution in [0.25, 0.3) is 0 Å². The Morgan fingerprint density at radius 1 is 0.933 bits per heavy atom. The minimum Gasteiger partial charge on any atom is -0.497 e. The van der Waals surface area contributed by atoms with Crippen molar-refractivity contribution in [1.29, 1.82) is 0 Å². The summed E-state index contributed by atoms with van der Waals surface area (Å²) in [5.41, 5.74) is 1.56. The molecule has 2 heteroatoms. The van der Waals surface area contributed by atoms with E-state index in [9.17, 15) is 0 Å². The summed E-state index contributed by atoms with van der Waals surface area (Å²) < 4.78 is 5.18. The van der Waals surface area contributed by atoms with Crippen molar-refractivity contribution in [3.05, 3.63) is 24.3 Å². The van der Waals surface area contributed by atoms with Crippen LogP contribution >= 0.6 is 0 Å². The first-order valence-electron chi connectivity index (χ1n) is 5.57. The molecule has 1 rings (SSSR count). The van der Waals surface area contributed by atoms with Crippen LogP contribution in [0.5, 0.6) is 5.75 Å². The van der Waals surface area contributed by atoms with E-state index in [2.05, 4.69) is 52.0 Å². The third kappa shape index (κ3) is 3.10. The number of hydrogen-bond donors (Lipinski definition) is 0. The monoisotopic (exact) mass is 221 g/mol. The minimum atomic E-state index is -0.436. The summed E-state index contributed by atoms with van der Waals surface area (Å²) >= 11 is 0. The van der Waals surface area contributed by atoms with Gasteiger partial charge in [0.15, 0.2) is 0 Å². The molecular weight excluding hydrogens is 200 g/mol. The zero-order valence-electron chi connectivity index (χ0n) is 10.4. The van der Waals surface area contributed by atoms with Crippen LogP contribution in [0.4, 0.5) is 0 Å². The predicted molar refractivity (Wildman–Crippen MR) is 68.6 cm³/mol. The van der Waals surface area contributed by atoms with Gasteiger partial charge in [0.05, 0.1) is 15.9 Å². The molecule has 0 heterocycles. The van der Waals surface area contributed by atoms with Gasteiger partial charge in [-0.25, -0.2) is 0 Å². The van der Waals surface area contributed by atoms with Crippen molar-refractivity contribution in [2.45, 2.75) is 38.8 Å². The van der Waals surface area contributed by atoms with Gasteiger partial charge in [-0.15, -0.1) is 0 Å². The van der Waals surface area contributed by atoms with Crippen LogP contribution in [0, 0.1) is 0 Å². The van der Waals surface area contributed by atoms with E-state index in [1.54, 1.807) is 7.11 Å². The van der Waals surface area contributed by atoms with E-state index >= 15 is 0 Å². The summed E-state index contributed by atoms with van der Waals surface area (Å²) in [7, 11) is 1.28. The van der Waals surface area contributed by atoms with Gasteiger partial charge in [0, 0.05) is 0 Å². The lowest BCUT2D eigenvalue weighted by atomic mass is 10.3. The van der Waals surface area contributed by atoms with Crippen LogP contribution < -0.4 is 9.92 Å². The number of rotatable bonds is 4. The highest BCUT2D eigenvalue weighted by molar-refractivity contribution is 6.75. The van der Waals surface area contributed by atoms with Crippen molar-refractivity contribution >= 4 is 14.0 Å². The molecule has 1 aromatic carbocycles. The molecule has 0 unspecified atom stereocenters. The Balaban J connectivity index is 2.92. The first kappa shape index (κ1) is 12.3. The van der Waals surface area contributed by atoms with Gasteiger partial charge in [-0.2, -0.15) is 0 Å². The van der Waals surface area contributed by atoms with Crippen molar-refractivity contribution in [2.24, 2.45) is 0 Å². The van der Waals surface area contributed by atoms with Crippen molar-refractivity contribution in [3.63, 3.8) is 0 Å². The molecule has 0 amide bonds. The molecule has 0 aliphatic heterocycles. The fourth-order valence-corrected chi connectivity index (χ4v) is 5.34. The number of methoxy groups -OCH3 is 1. The summed E-state index contributed by atoms with van der Waals surface area (Å²) in [4.78, 5) is 0. The summed E-state index contributed by atoms with van der Waals surface area (Å²) in [5, 5.41) is 1.52. The minimum absolute atomic E-state index is 0.436. The van der Waals surface area contributed by atoms with Gasteiger partial charge in [0.2, 0.25) is 0 Å². The summed E-state index contributed by atoms with van der Waals surface area (Å²) in [5.74, 6) is 0.951. The number of hydrogen-bond acceptors (Lipinski definition) is 1. The number of benzene rings is 1. The molecule has 83 valence electrons. The molecule has 0 spiro atoms. The van der Waals surface area contributed by atoms with Crippen molar-refractivity contribution in [2.75, 3.05) is 7.11 Å². The molecule has 0 atom stereocenters. The molecule has 0 bridgehead atoms.